The van der Waals surface area contributed by atoms with Crippen molar-refractivity contribution in [1.82, 2.24) is 4.98 Å². The minimum atomic E-state index is 0.469. The molecule has 17 heavy (non-hydrogen) atoms. The van der Waals surface area contributed by atoms with Gasteiger partial charge >= 0.3 is 0 Å². The molecular formula is C11H10Br2N2OS. The van der Waals surface area contributed by atoms with Gasteiger partial charge in [-0.2, -0.15) is 0 Å². The summed E-state index contributed by atoms with van der Waals surface area (Å²) < 4.78 is 7.51. The van der Waals surface area contributed by atoms with E-state index in [1.165, 1.54) is 0 Å². The first kappa shape index (κ1) is 13.0. The van der Waals surface area contributed by atoms with E-state index in [0.717, 1.165) is 25.3 Å². The fraction of sp³-hybridized carbons (Fsp3) is 0.182. The first-order chi connectivity index (χ1) is 8.20. The van der Waals surface area contributed by atoms with Gasteiger partial charge in [0.15, 0.2) is 0 Å². The molecule has 90 valence electrons. The van der Waals surface area contributed by atoms with E-state index in [1.54, 1.807) is 17.5 Å². The van der Waals surface area contributed by atoms with E-state index in [1.807, 2.05) is 17.5 Å². The van der Waals surface area contributed by atoms with Crippen molar-refractivity contribution in [2.45, 2.75) is 13.2 Å². The summed E-state index contributed by atoms with van der Waals surface area (Å²) in [5.74, 6) is 0.775. The Bertz CT molecular complexity index is 479. The van der Waals surface area contributed by atoms with Crippen molar-refractivity contribution >= 4 is 43.2 Å². The van der Waals surface area contributed by atoms with E-state index in [0.29, 0.717) is 13.2 Å². The Morgan fingerprint density at radius 1 is 1.29 bits per heavy atom. The number of ether oxygens (including phenoxy) is 1. The Balaban J connectivity index is 2.15. The lowest BCUT2D eigenvalue weighted by Crippen LogP contribution is -2.00. The summed E-state index contributed by atoms with van der Waals surface area (Å²) in [6.07, 6.45) is 1.77. The molecule has 0 aliphatic carbocycles. The van der Waals surface area contributed by atoms with Crippen LogP contribution in [-0.2, 0) is 13.2 Å². The summed E-state index contributed by atoms with van der Waals surface area (Å²) in [4.78, 5) is 4.17. The Kier molecular flexibility index (Phi) is 4.55. The van der Waals surface area contributed by atoms with Gasteiger partial charge in [-0.15, -0.1) is 11.3 Å². The van der Waals surface area contributed by atoms with Crippen LogP contribution in [0.15, 0.2) is 32.7 Å². The third kappa shape index (κ3) is 3.28. The van der Waals surface area contributed by atoms with Gasteiger partial charge in [-0.1, -0.05) is 0 Å². The second-order valence-corrected chi connectivity index (χ2v) is 6.00. The Morgan fingerprint density at radius 3 is 2.53 bits per heavy atom. The molecule has 0 spiro atoms. The highest BCUT2D eigenvalue weighted by Gasteiger charge is 2.09. The predicted octanol–water partition coefficient (Wildman–Crippen LogP) is 3.71. The Labute approximate surface area is 120 Å². The minimum Gasteiger partial charge on any atom is -0.484 e. The lowest BCUT2D eigenvalue weighted by Gasteiger charge is -2.10. The number of hydrogen-bond acceptors (Lipinski definition) is 4. The molecule has 2 N–H and O–H groups in total. The number of nitrogens with two attached hydrogens (primary N) is 1. The molecule has 0 radical (unpaired) electrons. The maximum absolute atomic E-state index is 5.72. The second-order valence-electron chi connectivity index (χ2n) is 3.31. The van der Waals surface area contributed by atoms with Crippen molar-refractivity contribution < 1.29 is 4.74 Å². The molecule has 0 saturated heterocycles. The van der Waals surface area contributed by atoms with Crippen LogP contribution in [0.4, 0.5) is 0 Å². The number of aromatic nitrogens is 1. The van der Waals surface area contributed by atoms with Gasteiger partial charge in [0.2, 0.25) is 0 Å². The normalized spacial score (nSPS) is 10.5. The van der Waals surface area contributed by atoms with Crippen LogP contribution in [0.2, 0.25) is 0 Å². The first-order valence-corrected chi connectivity index (χ1v) is 7.36. The van der Waals surface area contributed by atoms with Crippen LogP contribution in [-0.4, -0.2) is 4.98 Å². The zero-order valence-corrected chi connectivity index (χ0v) is 12.8. The molecule has 1 aromatic carbocycles. The molecule has 1 heterocycles. The summed E-state index contributed by atoms with van der Waals surface area (Å²) in [6, 6.07) is 3.92. The van der Waals surface area contributed by atoms with E-state index in [9.17, 15) is 0 Å². The number of halogens is 2. The molecule has 3 nitrogen and oxygen atoms in total. The van der Waals surface area contributed by atoms with Crippen LogP contribution in [0.5, 0.6) is 5.75 Å². The monoisotopic (exact) mass is 376 g/mol. The minimum absolute atomic E-state index is 0.469. The number of nitrogens with zero attached hydrogens (tertiary/aromatic N) is 1. The van der Waals surface area contributed by atoms with Gasteiger partial charge in [0, 0.05) is 18.1 Å². The molecule has 0 unspecified atom stereocenters. The smallest absolute Gasteiger partial charge is 0.148 e. The van der Waals surface area contributed by atoms with E-state index >= 15 is 0 Å². The average Bonchev–Trinajstić information content (AvgIpc) is 2.80. The molecule has 0 bridgehead atoms. The quantitative estimate of drug-likeness (QED) is 0.883. The highest BCUT2D eigenvalue weighted by molar-refractivity contribution is 9.11. The van der Waals surface area contributed by atoms with Gasteiger partial charge in [-0.3, -0.25) is 0 Å². The average molecular weight is 378 g/mol. The lowest BCUT2D eigenvalue weighted by molar-refractivity contribution is 0.301. The zero-order valence-electron chi connectivity index (χ0n) is 8.82. The van der Waals surface area contributed by atoms with Crippen molar-refractivity contribution in [3.8, 4) is 5.75 Å². The summed E-state index contributed by atoms with van der Waals surface area (Å²) >= 11 is 8.53. The lowest BCUT2D eigenvalue weighted by atomic mass is 10.2. The van der Waals surface area contributed by atoms with Crippen molar-refractivity contribution in [2.24, 2.45) is 5.73 Å². The number of thiazole rings is 1. The Morgan fingerprint density at radius 2 is 2.00 bits per heavy atom. The van der Waals surface area contributed by atoms with E-state index < -0.39 is 0 Å². The van der Waals surface area contributed by atoms with Crippen LogP contribution in [0.1, 0.15) is 10.6 Å². The first-order valence-electron chi connectivity index (χ1n) is 4.90. The van der Waals surface area contributed by atoms with Crippen LogP contribution >= 0.6 is 43.2 Å². The maximum Gasteiger partial charge on any atom is 0.148 e. The highest BCUT2D eigenvalue weighted by Crippen LogP contribution is 2.35. The van der Waals surface area contributed by atoms with E-state index in [-0.39, 0.29) is 0 Å². The highest BCUT2D eigenvalue weighted by atomic mass is 79.9. The van der Waals surface area contributed by atoms with Crippen molar-refractivity contribution in [1.29, 1.82) is 0 Å². The van der Waals surface area contributed by atoms with Crippen molar-refractivity contribution in [3.63, 3.8) is 0 Å². The fourth-order valence-corrected chi connectivity index (χ4v) is 3.36. The Hall–Kier alpha value is -0.430. The molecule has 0 fully saturated rings. The number of rotatable bonds is 4. The van der Waals surface area contributed by atoms with Gasteiger partial charge in [0.05, 0.1) is 8.95 Å². The molecule has 0 aliphatic heterocycles. The van der Waals surface area contributed by atoms with Crippen LogP contribution in [0, 0.1) is 0 Å². The van der Waals surface area contributed by atoms with E-state index in [4.69, 9.17) is 10.5 Å². The molecule has 1 aromatic heterocycles. The third-order valence-electron chi connectivity index (χ3n) is 2.12. The second kappa shape index (κ2) is 5.95. The molecule has 0 amide bonds. The van der Waals surface area contributed by atoms with Gasteiger partial charge < -0.3 is 10.5 Å². The molecule has 2 aromatic rings. The van der Waals surface area contributed by atoms with E-state index in [2.05, 4.69) is 36.8 Å². The molecule has 2 rings (SSSR count). The zero-order chi connectivity index (χ0) is 12.3. The third-order valence-corrected chi connectivity index (χ3v) is 4.05. The van der Waals surface area contributed by atoms with Crippen LogP contribution < -0.4 is 10.5 Å². The van der Waals surface area contributed by atoms with Gasteiger partial charge in [0.1, 0.15) is 17.4 Å². The summed E-state index contributed by atoms with van der Waals surface area (Å²) in [5, 5.41) is 2.88. The molecule has 0 saturated carbocycles. The van der Waals surface area contributed by atoms with Gasteiger partial charge in [0.25, 0.3) is 0 Å². The fourth-order valence-electron chi connectivity index (χ4n) is 1.33. The SMILES string of the molecule is NCc1cc(Br)c(OCc2nccs2)c(Br)c1. The molecule has 6 heteroatoms. The van der Waals surface area contributed by atoms with Crippen LogP contribution in [0.3, 0.4) is 0 Å². The van der Waals surface area contributed by atoms with Gasteiger partial charge in [-0.25, -0.2) is 4.98 Å². The topological polar surface area (TPSA) is 48.1 Å². The molecule has 0 atom stereocenters. The summed E-state index contributed by atoms with van der Waals surface area (Å²) in [5.41, 5.74) is 6.64. The standard InChI is InChI=1S/C11H10Br2N2OS/c12-8-3-7(5-14)4-9(13)11(8)16-6-10-15-1-2-17-10/h1-4H,5-6,14H2. The van der Waals surface area contributed by atoms with Gasteiger partial charge in [-0.05, 0) is 49.6 Å². The number of benzene rings is 1. The molecular weight excluding hydrogens is 368 g/mol. The van der Waals surface area contributed by atoms with Crippen LogP contribution in [0.25, 0.3) is 0 Å². The maximum atomic E-state index is 5.72. The summed E-state index contributed by atoms with van der Waals surface area (Å²) in [6.45, 7) is 0.973. The molecule has 0 aliphatic rings. The predicted molar refractivity (Wildman–Crippen MR) is 76.2 cm³/mol. The summed E-state index contributed by atoms with van der Waals surface area (Å²) in [7, 11) is 0. The number of hydrogen-bond donors (Lipinski definition) is 1. The van der Waals surface area contributed by atoms with Crippen molar-refractivity contribution in [2.75, 3.05) is 0 Å². The van der Waals surface area contributed by atoms with Crippen molar-refractivity contribution in [3.05, 3.63) is 43.2 Å². The largest absolute Gasteiger partial charge is 0.484 e.